The zero-order valence-corrected chi connectivity index (χ0v) is 10.9. The van der Waals surface area contributed by atoms with Crippen molar-refractivity contribution in [1.29, 1.82) is 0 Å². The van der Waals surface area contributed by atoms with Crippen LogP contribution in [0.5, 0.6) is 0 Å². The molecule has 0 amide bonds. The molecule has 0 aliphatic heterocycles. The molecule has 0 radical (unpaired) electrons. The first-order valence-corrected chi connectivity index (χ1v) is 6.86. The highest BCUT2D eigenvalue weighted by Crippen LogP contribution is 1.97. The third kappa shape index (κ3) is 5.64. The second-order valence-corrected chi connectivity index (χ2v) is 5.00. The number of sulfonamides is 1. The van der Waals surface area contributed by atoms with E-state index in [0.29, 0.717) is 0 Å². The molecular formula is C9H17NO6S. The molecule has 17 heavy (non-hydrogen) atoms. The Balaban J connectivity index is 4.86. The van der Waals surface area contributed by atoms with E-state index in [-0.39, 0.29) is 19.0 Å². The summed E-state index contributed by atoms with van der Waals surface area (Å²) in [7, 11) is -3.70. The minimum absolute atomic E-state index is 0.0442. The fourth-order valence-corrected chi connectivity index (χ4v) is 1.62. The molecule has 0 saturated carbocycles. The van der Waals surface area contributed by atoms with Crippen LogP contribution in [0, 0.1) is 0 Å². The summed E-state index contributed by atoms with van der Waals surface area (Å²) in [5, 5.41) is 0. The van der Waals surface area contributed by atoms with Crippen LogP contribution in [0.4, 0.5) is 0 Å². The van der Waals surface area contributed by atoms with Crippen LogP contribution in [0.2, 0.25) is 0 Å². The number of carbonyl (C=O) groups is 2. The molecule has 0 fully saturated rings. The summed E-state index contributed by atoms with van der Waals surface area (Å²) in [6, 6.07) is -1.64. The van der Waals surface area contributed by atoms with Gasteiger partial charge in [0.25, 0.3) is 0 Å². The average molecular weight is 267 g/mol. The van der Waals surface area contributed by atoms with Crippen molar-refractivity contribution in [2.45, 2.75) is 26.8 Å². The van der Waals surface area contributed by atoms with Crippen LogP contribution in [0.3, 0.4) is 0 Å². The molecule has 0 bridgehead atoms. The van der Waals surface area contributed by atoms with Gasteiger partial charge in [-0.2, -0.15) is 4.72 Å². The van der Waals surface area contributed by atoms with Crippen LogP contribution in [0.25, 0.3) is 0 Å². The quantitative estimate of drug-likeness (QED) is 0.489. The Morgan fingerprint density at radius 2 is 1.47 bits per heavy atom. The van der Waals surface area contributed by atoms with Crippen molar-refractivity contribution in [3.8, 4) is 0 Å². The zero-order chi connectivity index (χ0) is 13.5. The van der Waals surface area contributed by atoms with E-state index >= 15 is 0 Å². The predicted molar refractivity (Wildman–Crippen MR) is 59.7 cm³/mol. The topological polar surface area (TPSA) is 98.8 Å². The van der Waals surface area contributed by atoms with Crippen LogP contribution < -0.4 is 4.72 Å². The molecule has 7 nitrogen and oxygen atoms in total. The lowest BCUT2D eigenvalue weighted by Gasteiger charge is -2.15. The van der Waals surface area contributed by atoms with Crippen LogP contribution >= 0.6 is 0 Å². The Bertz CT molecular complexity index is 346. The SMILES string of the molecule is CCOC(=O)C(NS(=O)(=O)CC)C(=O)OCC. The number of carbonyl (C=O) groups excluding carboxylic acids is 2. The van der Waals surface area contributed by atoms with E-state index in [2.05, 4.69) is 9.47 Å². The van der Waals surface area contributed by atoms with Gasteiger partial charge in [-0.25, -0.2) is 18.0 Å². The fourth-order valence-electron chi connectivity index (χ4n) is 0.907. The first-order valence-electron chi connectivity index (χ1n) is 5.21. The first kappa shape index (κ1) is 15.9. The van der Waals surface area contributed by atoms with Crippen molar-refractivity contribution in [2.75, 3.05) is 19.0 Å². The molecule has 0 aromatic heterocycles. The Morgan fingerprint density at radius 3 is 1.76 bits per heavy atom. The van der Waals surface area contributed by atoms with Gasteiger partial charge >= 0.3 is 11.9 Å². The highest BCUT2D eigenvalue weighted by atomic mass is 32.2. The van der Waals surface area contributed by atoms with Crippen molar-refractivity contribution in [3.63, 3.8) is 0 Å². The van der Waals surface area contributed by atoms with E-state index in [1.807, 2.05) is 4.72 Å². The maximum atomic E-state index is 11.4. The standard InChI is InChI=1S/C9H17NO6S/c1-4-15-8(11)7(9(12)16-5-2)10-17(13,14)6-3/h7,10H,4-6H2,1-3H3. The number of nitrogens with one attached hydrogen (secondary N) is 1. The summed E-state index contributed by atoms with van der Waals surface area (Å²) in [4.78, 5) is 22.8. The van der Waals surface area contributed by atoms with Crippen molar-refractivity contribution >= 4 is 22.0 Å². The zero-order valence-electron chi connectivity index (χ0n) is 10.1. The smallest absolute Gasteiger partial charge is 0.335 e. The molecule has 8 heteroatoms. The Kier molecular flexibility index (Phi) is 6.74. The van der Waals surface area contributed by atoms with Gasteiger partial charge in [0, 0.05) is 0 Å². The lowest BCUT2D eigenvalue weighted by Crippen LogP contribution is -2.48. The number of esters is 2. The third-order valence-corrected chi connectivity index (χ3v) is 3.08. The molecule has 0 atom stereocenters. The lowest BCUT2D eigenvalue weighted by molar-refractivity contribution is -0.157. The monoisotopic (exact) mass is 267 g/mol. The molecular weight excluding hydrogens is 250 g/mol. The second kappa shape index (κ2) is 7.23. The van der Waals surface area contributed by atoms with Crippen LogP contribution in [-0.2, 0) is 29.1 Å². The number of hydrogen-bond acceptors (Lipinski definition) is 6. The van der Waals surface area contributed by atoms with Crippen LogP contribution in [0.1, 0.15) is 20.8 Å². The van der Waals surface area contributed by atoms with Gasteiger partial charge in [0.2, 0.25) is 16.1 Å². The third-order valence-electron chi connectivity index (χ3n) is 1.72. The summed E-state index contributed by atoms with van der Waals surface area (Å²) in [5.41, 5.74) is 0. The van der Waals surface area contributed by atoms with Gasteiger partial charge in [0.05, 0.1) is 19.0 Å². The van der Waals surface area contributed by atoms with Gasteiger partial charge < -0.3 is 9.47 Å². The molecule has 0 aromatic carbocycles. The maximum absolute atomic E-state index is 11.4. The summed E-state index contributed by atoms with van der Waals surface area (Å²) in [6.45, 7) is 4.57. The minimum atomic E-state index is -3.70. The van der Waals surface area contributed by atoms with Crippen molar-refractivity contribution < 1.29 is 27.5 Å². The molecule has 0 saturated heterocycles. The molecule has 0 rings (SSSR count). The van der Waals surface area contributed by atoms with E-state index in [9.17, 15) is 18.0 Å². The second-order valence-electron chi connectivity index (χ2n) is 2.96. The molecule has 0 spiro atoms. The van der Waals surface area contributed by atoms with Crippen LogP contribution in [-0.4, -0.2) is 45.4 Å². The summed E-state index contributed by atoms with van der Waals surface area (Å²) in [5.74, 6) is -2.19. The first-order chi connectivity index (χ1) is 7.87. The van der Waals surface area contributed by atoms with Crippen LogP contribution in [0.15, 0.2) is 0 Å². The molecule has 0 aromatic rings. The van der Waals surface area contributed by atoms with E-state index in [0.717, 1.165) is 0 Å². The van der Waals surface area contributed by atoms with E-state index in [1.165, 1.54) is 6.92 Å². The molecule has 100 valence electrons. The van der Waals surface area contributed by atoms with E-state index < -0.39 is 28.0 Å². The maximum Gasteiger partial charge on any atom is 0.335 e. The molecule has 0 unspecified atom stereocenters. The molecule has 0 heterocycles. The summed E-state index contributed by atoms with van der Waals surface area (Å²) in [6.07, 6.45) is 0. The normalized spacial score (nSPS) is 11.3. The minimum Gasteiger partial charge on any atom is -0.464 e. The van der Waals surface area contributed by atoms with Crippen molar-refractivity contribution in [2.24, 2.45) is 0 Å². The van der Waals surface area contributed by atoms with Crippen molar-refractivity contribution in [3.05, 3.63) is 0 Å². The summed E-state index contributed by atoms with van der Waals surface area (Å²) < 4.78 is 33.7. The van der Waals surface area contributed by atoms with E-state index in [1.54, 1.807) is 13.8 Å². The molecule has 0 aliphatic carbocycles. The number of rotatable bonds is 7. The van der Waals surface area contributed by atoms with Gasteiger partial charge in [0.1, 0.15) is 0 Å². The average Bonchev–Trinajstić information content (AvgIpc) is 2.26. The van der Waals surface area contributed by atoms with Gasteiger partial charge in [-0.05, 0) is 20.8 Å². The van der Waals surface area contributed by atoms with Gasteiger partial charge in [-0.1, -0.05) is 0 Å². The Labute approximate surface area is 101 Å². The Hall–Kier alpha value is -1.15. The predicted octanol–water partition coefficient (Wildman–Crippen LogP) is -0.579. The number of hydrogen-bond donors (Lipinski definition) is 1. The molecule has 0 aliphatic rings. The van der Waals surface area contributed by atoms with Gasteiger partial charge in [-0.3, -0.25) is 0 Å². The highest BCUT2D eigenvalue weighted by Gasteiger charge is 2.32. The summed E-state index contributed by atoms with van der Waals surface area (Å²) >= 11 is 0. The largest absolute Gasteiger partial charge is 0.464 e. The fraction of sp³-hybridized carbons (Fsp3) is 0.778. The van der Waals surface area contributed by atoms with E-state index in [4.69, 9.17) is 0 Å². The van der Waals surface area contributed by atoms with Crippen molar-refractivity contribution in [1.82, 2.24) is 4.72 Å². The highest BCUT2D eigenvalue weighted by molar-refractivity contribution is 7.89. The molecule has 1 N–H and O–H groups in total. The Morgan fingerprint density at radius 1 is 1.06 bits per heavy atom. The van der Waals surface area contributed by atoms with Gasteiger partial charge in [-0.15, -0.1) is 0 Å². The van der Waals surface area contributed by atoms with Gasteiger partial charge in [0.15, 0.2) is 0 Å². The lowest BCUT2D eigenvalue weighted by atomic mass is 10.3. The number of ether oxygens (including phenoxy) is 2.